The smallest absolute Gasteiger partial charge is 0.178 e. The fourth-order valence-corrected chi connectivity index (χ4v) is 2.48. The molecule has 0 aliphatic rings. The largest absolute Gasteiger partial charge is 0.410 e. The second-order valence-electron chi connectivity index (χ2n) is 2.14. The predicted molar refractivity (Wildman–Crippen MR) is 58.3 cm³/mol. The first-order valence-electron chi connectivity index (χ1n) is 3.08. The van der Waals surface area contributed by atoms with Crippen LogP contribution in [0.25, 0.3) is 0 Å². The fourth-order valence-electron chi connectivity index (χ4n) is 0.789. The molecule has 13 heavy (non-hydrogen) atoms. The maximum absolute atomic E-state index is 8.43. The molecule has 0 aromatic heterocycles. The Morgan fingerprint density at radius 2 is 1.77 bits per heavy atom. The van der Waals surface area contributed by atoms with Gasteiger partial charge in [-0.15, -0.1) is 0 Å². The molecule has 0 atom stereocenters. The number of rotatable bonds is 1. The van der Waals surface area contributed by atoms with Crippen molar-refractivity contribution in [3.05, 3.63) is 32.2 Å². The Morgan fingerprint density at radius 1 is 1.31 bits per heavy atom. The summed E-state index contributed by atoms with van der Waals surface area (Å²) in [6, 6.07) is 3.21. The molecule has 0 unspecified atom stereocenters. The van der Waals surface area contributed by atoms with Crippen molar-refractivity contribution >= 4 is 55.9 Å². The van der Waals surface area contributed by atoms with Gasteiger partial charge in [-0.3, -0.25) is 0 Å². The molecule has 0 aliphatic heterocycles. The van der Waals surface area contributed by atoms with Crippen molar-refractivity contribution in [1.82, 2.24) is 0 Å². The van der Waals surface area contributed by atoms with E-state index in [1.807, 2.05) is 0 Å². The van der Waals surface area contributed by atoms with Crippen LogP contribution in [0.1, 0.15) is 5.56 Å². The number of hydrogen-bond donors (Lipinski definition) is 1. The van der Waals surface area contributed by atoms with Crippen LogP contribution in [0.5, 0.6) is 0 Å². The molecule has 6 heteroatoms. The van der Waals surface area contributed by atoms with E-state index >= 15 is 0 Å². The van der Waals surface area contributed by atoms with Crippen LogP contribution >= 0.6 is 50.7 Å². The van der Waals surface area contributed by atoms with E-state index in [1.54, 1.807) is 12.1 Å². The Bertz CT molecular complexity index is 344. The van der Waals surface area contributed by atoms with Crippen LogP contribution in [0.4, 0.5) is 0 Å². The number of benzene rings is 1. The summed E-state index contributed by atoms with van der Waals surface area (Å²) in [5, 5.41) is 11.7. The lowest BCUT2D eigenvalue weighted by atomic mass is 10.2. The van der Waals surface area contributed by atoms with E-state index in [4.69, 9.17) is 40.0 Å². The Balaban J connectivity index is 3.37. The van der Waals surface area contributed by atoms with Crippen molar-refractivity contribution in [2.45, 2.75) is 0 Å². The third-order valence-electron chi connectivity index (χ3n) is 1.30. The monoisotopic (exact) mass is 301 g/mol. The molecule has 0 saturated carbocycles. The Morgan fingerprint density at radius 3 is 2.15 bits per heavy atom. The zero-order valence-electron chi connectivity index (χ0n) is 6.06. The van der Waals surface area contributed by atoms with Crippen LogP contribution in [0, 0.1) is 0 Å². The SMILES string of the molecule is ON=C(Cl)c1c(Cl)cc(Br)cc1Cl. The van der Waals surface area contributed by atoms with Gasteiger partial charge in [0, 0.05) is 4.47 Å². The topological polar surface area (TPSA) is 32.6 Å². The van der Waals surface area contributed by atoms with E-state index in [-0.39, 0.29) is 5.17 Å². The Kier molecular flexibility index (Phi) is 3.86. The van der Waals surface area contributed by atoms with E-state index in [2.05, 4.69) is 21.1 Å². The quantitative estimate of drug-likeness (QED) is 0.472. The molecule has 0 bridgehead atoms. The van der Waals surface area contributed by atoms with Gasteiger partial charge in [-0.1, -0.05) is 55.9 Å². The summed E-state index contributed by atoms with van der Waals surface area (Å²) >= 11 is 20.4. The molecule has 2 nitrogen and oxygen atoms in total. The lowest BCUT2D eigenvalue weighted by Crippen LogP contribution is -1.94. The van der Waals surface area contributed by atoms with Crippen molar-refractivity contribution in [3.63, 3.8) is 0 Å². The molecule has 70 valence electrons. The van der Waals surface area contributed by atoms with Gasteiger partial charge in [-0.2, -0.15) is 0 Å². The number of nitrogens with zero attached hydrogens (tertiary/aromatic N) is 1. The highest BCUT2D eigenvalue weighted by atomic mass is 79.9. The molecule has 1 aromatic rings. The van der Waals surface area contributed by atoms with Crippen molar-refractivity contribution in [3.8, 4) is 0 Å². The van der Waals surface area contributed by atoms with Gasteiger partial charge < -0.3 is 5.21 Å². The predicted octanol–water partition coefficient (Wildman–Crippen LogP) is 4.13. The third-order valence-corrected chi connectivity index (χ3v) is 2.62. The van der Waals surface area contributed by atoms with Crippen molar-refractivity contribution in [2.75, 3.05) is 0 Å². The molecule has 1 N–H and O–H groups in total. The van der Waals surface area contributed by atoms with Crippen molar-refractivity contribution < 1.29 is 5.21 Å². The number of hydrogen-bond acceptors (Lipinski definition) is 2. The molecule has 0 saturated heterocycles. The summed E-state index contributed by atoms with van der Waals surface area (Å²) < 4.78 is 0.730. The Labute approximate surface area is 98.2 Å². The molecule has 1 aromatic carbocycles. The van der Waals surface area contributed by atoms with E-state index in [9.17, 15) is 0 Å². The fraction of sp³-hybridized carbons (Fsp3) is 0. The van der Waals surface area contributed by atoms with Crippen LogP contribution in [-0.4, -0.2) is 10.4 Å². The molecule has 0 amide bonds. The average Bonchev–Trinajstić information content (AvgIpc) is 2.02. The molecule has 0 spiro atoms. The van der Waals surface area contributed by atoms with Crippen LogP contribution in [0.15, 0.2) is 21.8 Å². The van der Waals surface area contributed by atoms with Crippen LogP contribution in [0.2, 0.25) is 10.0 Å². The summed E-state index contributed by atoms with van der Waals surface area (Å²) in [6.07, 6.45) is 0. The zero-order valence-corrected chi connectivity index (χ0v) is 9.91. The third kappa shape index (κ3) is 2.50. The Hall–Kier alpha value is 0.0400. The van der Waals surface area contributed by atoms with E-state index in [1.165, 1.54) is 0 Å². The number of oxime groups is 1. The van der Waals surface area contributed by atoms with Crippen LogP contribution in [0.3, 0.4) is 0 Å². The first-order valence-corrected chi connectivity index (χ1v) is 5.01. The van der Waals surface area contributed by atoms with Crippen LogP contribution < -0.4 is 0 Å². The minimum absolute atomic E-state index is 0.137. The zero-order chi connectivity index (χ0) is 10.0. The van der Waals surface area contributed by atoms with Gasteiger partial charge in [0.05, 0.1) is 15.6 Å². The summed E-state index contributed by atoms with van der Waals surface area (Å²) in [7, 11) is 0. The molecule has 0 aliphatic carbocycles. The molecule has 0 radical (unpaired) electrons. The van der Waals surface area contributed by atoms with Gasteiger partial charge in [0.2, 0.25) is 0 Å². The van der Waals surface area contributed by atoms with Gasteiger partial charge >= 0.3 is 0 Å². The highest BCUT2D eigenvalue weighted by Gasteiger charge is 2.12. The first kappa shape index (κ1) is 11.1. The summed E-state index contributed by atoms with van der Waals surface area (Å²) in [4.78, 5) is 0. The first-order chi connectivity index (χ1) is 6.06. The normalized spacial score (nSPS) is 11.8. The highest BCUT2D eigenvalue weighted by Crippen LogP contribution is 2.30. The summed E-state index contributed by atoms with van der Waals surface area (Å²) in [6.45, 7) is 0. The summed E-state index contributed by atoms with van der Waals surface area (Å²) in [5.41, 5.74) is 0.315. The molecule has 0 fully saturated rings. The second kappa shape index (κ2) is 4.51. The average molecular weight is 303 g/mol. The second-order valence-corrected chi connectivity index (χ2v) is 4.22. The molecule has 1 rings (SSSR count). The highest BCUT2D eigenvalue weighted by molar-refractivity contribution is 9.10. The van der Waals surface area contributed by atoms with Gasteiger partial charge in [0.1, 0.15) is 0 Å². The standard InChI is InChI=1S/C7H3BrCl3NO/c8-3-1-4(9)6(5(10)2-3)7(11)12-13/h1-2,13H. The van der Waals surface area contributed by atoms with Gasteiger partial charge in [0.25, 0.3) is 0 Å². The molecule has 0 heterocycles. The van der Waals surface area contributed by atoms with E-state index in [0.29, 0.717) is 15.6 Å². The van der Waals surface area contributed by atoms with Gasteiger partial charge in [-0.25, -0.2) is 0 Å². The molecular weight excluding hydrogens is 300 g/mol. The maximum atomic E-state index is 8.43. The minimum atomic E-state index is -0.137. The minimum Gasteiger partial charge on any atom is -0.410 e. The van der Waals surface area contributed by atoms with E-state index in [0.717, 1.165) is 4.47 Å². The molecular formula is C7H3BrCl3NO. The van der Waals surface area contributed by atoms with Crippen LogP contribution in [-0.2, 0) is 0 Å². The van der Waals surface area contributed by atoms with Crippen molar-refractivity contribution in [2.24, 2.45) is 5.16 Å². The summed E-state index contributed by atoms with van der Waals surface area (Å²) in [5.74, 6) is 0. The van der Waals surface area contributed by atoms with Gasteiger partial charge in [0.15, 0.2) is 5.17 Å². The van der Waals surface area contributed by atoms with Gasteiger partial charge in [-0.05, 0) is 12.1 Å². The van der Waals surface area contributed by atoms with E-state index < -0.39 is 0 Å². The number of halogens is 4. The maximum Gasteiger partial charge on any atom is 0.178 e. The lowest BCUT2D eigenvalue weighted by molar-refractivity contribution is 0.321. The van der Waals surface area contributed by atoms with Crippen molar-refractivity contribution in [1.29, 1.82) is 0 Å². The lowest BCUT2D eigenvalue weighted by Gasteiger charge is -2.03.